The van der Waals surface area contributed by atoms with E-state index in [1.54, 1.807) is 29.2 Å². The third kappa shape index (κ3) is 14.5. The van der Waals surface area contributed by atoms with Crippen LogP contribution in [0.4, 0.5) is 0 Å². The second-order valence-corrected chi connectivity index (χ2v) is 21.3. The average Bonchev–Trinajstić information content (AvgIpc) is 4.31. The molecule has 2 aliphatic carbocycles. The fourth-order valence-electron chi connectivity index (χ4n) is 9.62. The number of ether oxygens (including phenoxy) is 2. The Kier molecular flexibility index (Phi) is 18.4. The first-order chi connectivity index (χ1) is 34.2. The number of piperazine rings is 2. The summed E-state index contributed by atoms with van der Waals surface area (Å²) < 4.78 is 12.6. The molecule has 0 aromatic heterocycles. The van der Waals surface area contributed by atoms with Gasteiger partial charge in [-0.25, -0.2) is 0 Å². The normalized spacial score (nSPS) is 25.2. The van der Waals surface area contributed by atoms with Crippen LogP contribution in [0.25, 0.3) is 0 Å². The highest BCUT2D eigenvalue weighted by Gasteiger charge is 2.48. The van der Waals surface area contributed by atoms with Crippen LogP contribution < -0.4 is 5.32 Å². The molecule has 4 aliphatic heterocycles. The molecule has 3 amide bonds. The van der Waals surface area contributed by atoms with Crippen LogP contribution in [0.15, 0.2) is 97.1 Å². The third-order valence-electron chi connectivity index (χ3n) is 14.0. The maximum absolute atomic E-state index is 13.8. The molecule has 4 saturated heterocycles. The Morgan fingerprint density at radius 1 is 0.563 bits per heavy atom. The van der Waals surface area contributed by atoms with Gasteiger partial charge >= 0.3 is 5.97 Å². The summed E-state index contributed by atoms with van der Waals surface area (Å²) in [6, 6.07) is 29.1. The summed E-state index contributed by atoms with van der Waals surface area (Å²) in [7, 11) is 4.21. The van der Waals surface area contributed by atoms with Crippen molar-refractivity contribution in [1.82, 2.24) is 29.8 Å². The Morgan fingerprint density at radius 3 is 1.37 bits per heavy atom. The number of halogens is 4. The minimum Gasteiger partial charge on any atom is -0.481 e. The molecule has 71 heavy (non-hydrogen) atoms. The number of amides is 3. The van der Waals surface area contributed by atoms with Crippen LogP contribution in [0, 0.1) is 11.8 Å². The monoisotopic (exact) mass is 1050 g/mol. The van der Waals surface area contributed by atoms with Gasteiger partial charge in [-0.2, -0.15) is 0 Å². The van der Waals surface area contributed by atoms with Crippen LogP contribution >= 0.6 is 46.4 Å². The van der Waals surface area contributed by atoms with E-state index >= 15 is 0 Å². The smallest absolute Gasteiger partial charge is 0.306 e. The molecule has 13 nitrogen and oxygen atoms in total. The quantitative estimate of drug-likeness (QED) is 0.142. The van der Waals surface area contributed by atoms with Crippen LogP contribution in [0.1, 0.15) is 85.1 Å². The maximum Gasteiger partial charge on any atom is 0.306 e. The number of carboxylic acids is 1. The Labute approximate surface area is 437 Å². The fraction of sp³-hybridized carbons (Fsp3) is 0.481. The highest BCUT2D eigenvalue weighted by atomic mass is 35.5. The predicted octanol–water partition coefficient (Wildman–Crippen LogP) is 8.99. The Morgan fingerprint density at radius 2 is 0.986 bits per heavy atom. The molecule has 6 atom stereocenters. The number of likely N-dealkylation sites (N-methyl/N-ethyl adjacent to an activating group) is 2. The van der Waals surface area contributed by atoms with Crippen LogP contribution in [0.2, 0.25) is 20.1 Å². The van der Waals surface area contributed by atoms with Gasteiger partial charge in [-0.1, -0.05) is 94.9 Å². The average molecular weight is 1050 g/mol. The number of aliphatic carboxylic acids is 1. The van der Waals surface area contributed by atoms with Crippen LogP contribution in [-0.4, -0.2) is 145 Å². The number of carbonyl (C=O) groups is 4. The lowest BCUT2D eigenvalue weighted by molar-refractivity contribution is -0.179. The Bertz CT molecular complexity index is 2450. The van der Waals surface area contributed by atoms with Crippen molar-refractivity contribution in [3.63, 3.8) is 0 Å². The summed E-state index contributed by atoms with van der Waals surface area (Å²) in [4.78, 5) is 61.7. The lowest BCUT2D eigenvalue weighted by Gasteiger charge is -2.45. The largest absolute Gasteiger partial charge is 0.481 e. The van der Waals surface area contributed by atoms with Gasteiger partial charge < -0.3 is 44.4 Å². The van der Waals surface area contributed by atoms with Crippen molar-refractivity contribution in [1.29, 1.82) is 0 Å². The number of benzene rings is 4. The molecule has 0 bridgehead atoms. The van der Waals surface area contributed by atoms with Gasteiger partial charge in [0.15, 0.2) is 0 Å². The van der Waals surface area contributed by atoms with E-state index in [4.69, 9.17) is 55.9 Å². The highest BCUT2D eigenvalue weighted by Crippen LogP contribution is 2.47. The number of morpholine rings is 2. The molecular formula is C54H64Cl4N6O7. The van der Waals surface area contributed by atoms with Gasteiger partial charge in [-0.15, -0.1) is 0 Å². The minimum atomic E-state index is -1.07. The van der Waals surface area contributed by atoms with Crippen molar-refractivity contribution in [2.75, 3.05) is 79.5 Å². The van der Waals surface area contributed by atoms with Gasteiger partial charge in [0.2, 0.25) is 5.91 Å². The van der Waals surface area contributed by atoms with Crippen molar-refractivity contribution >= 4 is 70.1 Å². The third-order valence-corrected chi connectivity index (χ3v) is 15.0. The second kappa shape index (κ2) is 24.6. The van der Waals surface area contributed by atoms with E-state index in [1.165, 1.54) is 13.1 Å². The van der Waals surface area contributed by atoms with Gasteiger partial charge in [-0.05, 0) is 122 Å². The first-order valence-corrected chi connectivity index (χ1v) is 26.2. The first kappa shape index (κ1) is 53.0. The van der Waals surface area contributed by atoms with E-state index in [2.05, 4.69) is 29.2 Å². The number of rotatable bonds is 12. The van der Waals surface area contributed by atoms with Crippen molar-refractivity contribution in [3.05, 3.63) is 139 Å². The van der Waals surface area contributed by atoms with Crippen molar-refractivity contribution in [3.8, 4) is 0 Å². The van der Waals surface area contributed by atoms with Gasteiger partial charge in [0.05, 0.1) is 24.9 Å². The fourth-order valence-corrected chi connectivity index (χ4v) is 10.3. The molecule has 4 heterocycles. The number of hydrogen-bond acceptors (Lipinski definition) is 9. The first-order valence-electron chi connectivity index (χ1n) is 24.7. The van der Waals surface area contributed by atoms with Gasteiger partial charge in [0.1, 0.15) is 24.4 Å². The maximum atomic E-state index is 13.8. The van der Waals surface area contributed by atoms with E-state index < -0.39 is 30.4 Å². The Balaban J connectivity index is 0.000000169. The molecule has 0 radical (unpaired) electrons. The van der Waals surface area contributed by atoms with E-state index in [0.29, 0.717) is 58.1 Å². The highest BCUT2D eigenvalue weighted by molar-refractivity contribution is 6.31. The summed E-state index contributed by atoms with van der Waals surface area (Å²) in [5.74, 6) is -0.560. The predicted molar refractivity (Wildman–Crippen MR) is 277 cm³/mol. The van der Waals surface area contributed by atoms with Crippen molar-refractivity contribution in [2.24, 2.45) is 11.8 Å². The number of carbonyl (C=O) groups excluding carboxylic acids is 3. The minimum absolute atomic E-state index is 0.0300. The number of nitrogens with one attached hydrogen (secondary N) is 1. The standard InChI is InChI=1S/C27H31Cl2N3O3.C22H21Cl2NO4.C5H12N2/c1-30-11-13-31(14-12-30)24(33)16-23-27(34)32(17-18-5-6-18)25(19-7-9-21(28)10-8-19)26(35-23)20-3-2-4-22(29)15-20;23-16-8-6-14(7-9-16)20-21(15-2-1-3-17(24)10-15)29-18(11-19(26)27)22(28)25(20)12-13-4-5-13;1-7-4-2-6-3-5-7/h2-4,7-10,15,18,23,25-26H,5-6,11-14,16-17H2,1H3;1-3,6-10,13,18,20-21H,4-5,11-12H2,(H,26,27);6H,2-5H2,1H3/t23-,25+,26-;18-,20+,21-;/m00./s1. The SMILES string of the molecule is CN1CCN(C(=O)C[C@@H]2O[C@@H](c3cccc(Cl)c3)[C@@H](c3ccc(Cl)cc3)N(CC3CC3)C2=O)CC1.CN1CCNCC1.O=C(O)C[C@@H]1O[C@@H](c2cccc(Cl)c2)[C@@H](c2ccc(Cl)cc2)N(CC2CC2)C1=O. The molecular weight excluding hydrogens is 986 g/mol. The second-order valence-electron chi connectivity index (χ2n) is 19.6. The van der Waals surface area contributed by atoms with Crippen LogP contribution in [-0.2, 0) is 28.7 Å². The zero-order chi connectivity index (χ0) is 50.2. The van der Waals surface area contributed by atoms with E-state index in [0.717, 1.165) is 74.1 Å². The van der Waals surface area contributed by atoms with Crippen molar-refractivity contribution < 1.29 is 33.8 Å². The number of nitrogens with zero attached hydrogens (tertiary/aromatic N) is 5. The summed E-state index contributed by atoms with van der Waals surface area (Å²) in [6.45, 7) is 9.01. The molecule has 0 unspecified atom stereocenters. The zero-order valence-corrected chi connectivity index (χ0v) is 43.3. The Hall–Kier alpha value is -4.28. The summed E-state index contributed by atoms with van der Waals surface area (Å²) in [6.07, 6.45) is 1.22. The van der Waals surface area contributed by atoms with Crippen LogP contribution in [0.3, 0.4) is 0 Å². The summed E-state index contributed by atoms with van der Waals surface area (Å²) >= 11 is 24.8. The molecule has 2 saturated carbocycles. The zero-order valence-electron chi connectivity index (χ0n) is 40.3. The molecule has 4 aromatic carbocycles. The molecule has 2 N–H and O–H groups in total. The summed E-state index contributed by atoms with van der Waals surface area (Å²) in [5.41, 5.74) is 3.54. The van der Waals surface area contributed by atoms with Crippen LogP contribution in [0.5, 0.6) is 0 Å². The lowest BCUT2D eigenvalue weighted by atomic mass is 9.91. The van der Waals surface area contributed by atoms with E-state index in [9.17, 15) is 24.3 Å². The molecule has 10 rings (SSSR count). The van der Waals surface area contributed by atoms with Crippen molar-refractivity contribution in [2.45, 2.75) is 75.0 Å². The van der Waals surface area contributed by atoms with E-state index in [1.807, 2.05) is 82.6 Å². The molecule has 380 valence electrons. The molecule has 6 aliphatic rings. The molecule has 6 fully saturated rings. The molecule has 0 spiro atoms. The molecule has 4 aromatic rings. The van der Waals surface area contributed by atoms with Gasteiger partial charge in [-0.3, -0.25) is 19.2 Å². The van der Waals surface area contributed by atoms with Gasteiger partial charge in [0, 0.05) is 85.5 Å². The number of carboxylic acid groups (broad SMARTS) is 1. The summed E-state index contributed by atoms with van der Waals surface area (Å²) in [5, 5.41) is 15.0. The molecule has 17 heteroatoms. The van der Waals surface area contributed by atoms with Gasteiger partial charge in [0.25, 0.3) is 11.8 Å². The number of hydrogen-bond donors (Lipinski definition) is 2. The topological polar surface area (TPSA) is 135 Å². The lowest BCUT2D eigenvalue weighted by Crippen LogP contribution is -2.54. The van der Waals surface area contributed by atoms with E-state index in [-0.39, 0.29) is 42.6 Å².